The second-order valence-electron chi connectivity index (χ2n) is 6.46. The van der Waals surface area contributed by atoms with Crippen LogP contribution in [0.15, 0.2) is 18.2 Å². The highest BCUT2D eigenvalue weighted by molar-refractivity contribution is 5.59. The normalized spacial score (nSPS) is 15.8. The molecule has 1 aromatic carbocycles. The lowest BCUT2D eigenvalue weighted by Crippen LogP contribution is -2.36. The molecule has 2 heterocycles. The predicted octanol–water partition coefficient (Wildman–Crippen LogP) is 2.24. The van der Waals surface area contributed by atoms with Gasteiger partial charge in [-0.3, -0.25) is 4.57 Å². The Morgan fingerprint density at radius 2 is 2.00 bits per heavy atom. The van der Waals surface area contributed by atoms with Crippen LogP contribution in [0.1, 0.15) is 18.4 Å². The number of anilines is 3. The molecule has 0 bridgehead atoms. The van der Waals surface area contributed by atoms with Gasteiger partial charge in [0, 0.05) is 39.5 Å². The number of aromatic nitrogens is 3. The van der Waals surface area contributed by atoms with Crippen molar-refractivity contribution in [2.45, 2.75) is 19.8 Å². The first-order valence-electron chi connectivity index (χ1n) is 8.26. The van der Waals surface area contributed by atoms with Gasteiger partial charge < -0.3 is 14.9 Å². The topological polar surface area (TPSA) is 57.4 Å². The molecule has 1 saturated heterocycles. The molecule has 0 unspecified atom stereocenters. The zero-order valence-electron chi connectivity index (χ0n) is 14.4. The van der Waals surface area contributed by atoms with E-state index in [0.717, 1.165) is 37.6 Å². The van der Waals surface area contributed by atoms with Gasteiger partial charge in [0.1, 0.15) is 5.82 Å². The summed E-state index contributed by atoms with van der Waals surface area (Å²) in [5, 5.41) is 17.9. The van der Waals surface area contributed by atoms with Crippen LogP contribution < -0.4 is 9.80 Å². The van der Waals surface area contributed by atoms with E-state index < -0.39 is 0 Å². The van der Waals surface area contributed by atoms with E-state index in [9.17, 15) is 9.50 Å². The Kier molecular flexibility index (Phi) is 4.71. The van der Waals surface area contributed by atoms with E-state index in [1.54, 1.807) is 19.1 Å². The Hall–Kier alpha value is -2.15. The first-order valence-corrected chi connectivity index (χ1v) is 8.26. The quantitative estimate of drug-likeness (QED) is 0.930. The summed E-state index contributed by atoms with van der Waals surface area (Å²) in [6.07, 6.45) is 1.93. The van der Waals surface area contributed by atoms with Gasteiger partial charge >= 0.3 is 0 Å². The molecule has 1 aliphatic rings. The van der Waals surface area contributed by atoms with Crippen LogP contribution in [-0.2, 0) is 7.05 Å². The molecule has 24 heavy (non-hydrogen) atoms. The molecule has 2 aromatic rings. The van der Waals surface area contributed by atoms with Crippen molar-refractivity contribution in [1.82, 2.24) is 14.8 Å². The van der Waals surface area contributed by atoms with Gasteiger partial charge in [-0.1, -0.05) is 0 Å². The standard InChI is InChI=1S/C17H24FN5O/c1-12-10-14(4-5-15(12)18)21(2)16-19-20-17(22(16)3)23-8-6-13(11-24)7-9-23/h4-5,10,13,24H,6-9,11H2,1-3H3. The average molecular weight is 333 g/mol. The summed E-state index contributed by atoms with van der Waals surface area (Å²) < 4.78 is 15.4. The number of nitrogens with zero attached hydrogens (tertiary/aromatic N) is 5. The number of hydrogen-bond acceptors (Lipinski definition) is 5. The van der Waals surface area contributed by atoms with Crippen molar-refractivity contribution < 1.29 is 9.50 Å². The molecular weight excluding hydrogens is 309 g/mol. The van der Waals surface area contributed by atoms with E-state index in [0.29, 0.717) is 17.4 Å². The van der Waals surface area contributed by atoms with Crippen LogP contribution in [0.5, 0.6) is 0 Å². The average Bonchev–Trinajstić information content (AvgIpc) is 2.98. The number of aliphatic hydroxyl groups excluding tert-OH is 1. The van der Waals surface area contributed by atoms with E-state index in [-0.39, 0.29) is 12.4 Å². The summed E-state index contributed by atoms with van der Waals surface area (Å²) in [5.41, 5.74) is 1.47. The molecule has 1 fully saturated rings. The van der Waals surface area contributed by atoms with Gasteiger partial charge in [-0.15, -0.1) is 10.2 Å². The molecule has 0 amide bonds. The molecule has 0 aliphatic carbocycles. The molecule has 3 rings (SSSR count). The highest BCUT2D eigenvalue weighted by Crippen LogP contribution is 2.27. The second kappa shape index (κ2) is 6.76. The summed E-state index contributed by atoms with van der Waals surface area (Å²) in [7, 11) is 3.84. The lowest BCUT2D eigenvalue weighted by Gasteiger charge is -2.31. The fourth-order valence-electron chi connectivity index (χ4n) is 3.15. The molecule has 0 atom stereocenters. The van der Waals surface area contributed by atoms with Crippen molar-refractivity contribution in [3.63, 3.8) is 0 Å². The maximum absolute atomic E-state index is 13.5. The summed E-state index contributed by atoms with van der Waals surface area (Å²) in [6.45, 7) is 3.75. The van der Waals surface area contributed by atoms with Crippen molar-refractivity contribution >= 4 is 17.6 Å². The van der Waals surface area contributed by atoms with Gasteiger partial charge in [0.05, 0.1) is 0 Å². The van der Waals surface area contributed by atoms with Gasteiger partial charge in [-0.05, 0) is 49.4 Å². The monoisotopic (exact) mass is 333 g/mol. The second-order valence-corrected chi connectivity index (χ2v) is 6.46. The van der Waals surface area contributed by atoms with Crippen molar-refractivity contribution in [3.8, 4) is 0 Å². The van der Waals surface area contributed by atoms with Gasteiger partial charge in [0.2, 0.25) is 11.9 Å². The Morgan fingerprint density at radius 3 is 2.62 bits per heavy atom. The smallest absolute Gasteiger partial charge is 0.232 e. The molecule has 0 radical (unpaired) electrons. The van der Waals surface area contributed by atoms with Crippen LogP contribution in [0, 0.1) is 18.7 Å². The van der Waals surface area contributed by atoms with Crippen molar-refractivity contribution in [1.29, 1.82) is 0 Å². The number of piperidine rings is 1. The Balaban J connectivity index is 1.80. The third kappa shape index (κ3) is 3.08. The number of aliphatic hydroxyl groups is 1. The molecule has 0 saturated carbocycles. The predicted molar refractivity (Wildman–Crippen MR) is 92.2 cm³/mol. The maximum Gasteiger partial charge on any atom is 0.232 e. The first kappa shape index (κ1) is 16.7. The number of hydrogen-bond donors (Lipinski definition) is 1. The third-order valence-electron chi connectivity index (χ3n) is 4.81. The zero-order valence-corrected chi connectivity index (χ0v) is 14.4. The number of benzene rings is 1. The SMILES string of the molecule is Cc1cc(N(C)c2nnc(N3CCC(CO)CC3)n2C)ccc1F. The Bertz CT molecular complexity index is 709. The highest BCUT2D eigenvalue weighted by Gasteiger charge is 2.24. The van der Waals surface area contributed by atoms with Gasteiger partial charge in [0.25, 0.3) is 0 Å². The highest BCUT2D eigenvalue weighted by atomic mass is 19.1. The fourth-order valence-corrected chi connectivity index (χ4v) is 3.15. The molecule has 130 valence electrons. The fraction of sp³-hybridized carbons (Fsp3) is 0.529. The van der Waals surface area contributed by atoms with Crippen LogP contribution in [0.25, 0.3) is 0 Å². The lowest BCUT2D eigenvalue weighted by molar-refractivity contribution is 0.202. The summed E-state index contributed by atoms with van der Waals surface area (Å²) in [4.78, 5) is 4.11. The van der Waals surface area contributed by atoms with Crippen LogP contribution in [0.4, 0.5) is 22.0 Å². The van der Waals surface area contributed by atoms with Crippen LogP contribution >= 0.6 is 0 Å². The van der Waals surface area contributed by atoms with Gasteiger partial charge in [0.15, 0.2) is 0 Å². The lowest BCUT2D eigenvalue weighted by atomic mass is 9.98. The van der Waals surface area contributed by atoms with E-state index >= 15 is 0 Å². The zero-order chi connectivity index (χ0) is 17.3. The number of rotatable bonds is 4. The maximum atomic E-state index is 13.5. The number of aryl methyl sites for hydroxylation is 1. The number of halogens is 1. The van der Waals surface area contributed by atoms with Crippen molar-refractivity contribution in [3.05, 3.63) is 29.6 Å². The Labute approximate surface area is 141 Å². The van der Waals surface area contributed by atoms with Gasteiger partial charge in [-0.2, -0.15) is 0 Å². The largest absolute Gasteiger partial charge is 0.396 e. The van der Waals surface area contributed by atoms with Crippen molar-refractivity contribution in [2.24, 2.45) is 13.0 Å². The summed E-state index contributed by atoms with van der Waals surface area (Å²) in [5.74, 6) is 1.71. The molecule has 1 aromatic heterocycles. The van der Waals surface area contributed by atoms with Crippen LogP contribution in [0.3, 0.4) is 0 Å². The summed E-state index contributed by atoms with van der Waals surface area (Å²) >= 11 is 0. The minimum atomic E-state index is -0.211. The third-order valence-corrected chi connectivity index (χ3v) is 4.81. The van der Waals surface area contributed by atoms with Crippen LogP contribution in [0.2, 0.25) is 0 Å². The Morgan fingerprint density at radius 1 is 1.29 bits per heavy atom. The minimum absolute atomic E-state index is 0.211. The van der Waals surface area contributed by atoms with Crippen molar-refractivity contribution in [2.75, 3.05) is 36.5 Å². The molecule has 6 nitrogen and oxygen atoms in total. The van der Waals surface area contributed by atoms with E-state index in [2.05, 4.69) is 15.1 Å². The van der Waals surface area contributed by atoms with E-state index in [1.165, 1.54) is 6.07 Å². The summed E-state index contributed by atoms with van der Waals surface area (Å²) in [6, 6.07) is 5.01. The first-order chi connectivity index (χ1) is 11.5. The minimum Gasteiger partial charge on any atom is -0.396 e. The molecular formula is C17H24FN5O. The molecule has 0 spiro atoms. The van der Waals surface area contributed by atoms with E-state index in [4.69, 9.17) is 0 Å². The molecule has 1 N–H and O–H groups in total. The van der Waals surface area contributed by atoms with E-state index in [1.807, 2.05) is 23.6 Å². The van der Waals surface area contributed by atoms with Crippen LogP contribution in [-0.4, -0.2) is 46.6 Å². The molecule has 7 heteroatoms. The molecule has 1 aliphatic heterocycles. The van der Waals surface area contributed by atoms with Gasteiger partial charge in [-0.25, -0.2) is 4.39 Å².